The van der Waals surface area contributed by atoms with E-state index in [0.29, 0.717) is 17.5 Å². The SMILES string of the molecule is c1ccc(-c2ccc(-c3nc(-c4ccccc4)nc(-c4ccc5ccc(-c6cc(-c7ccc8ccccc8c7)cc7oc8ccccc8c67)cc5c4)n3)cc2)cc1. The zero-order valence-electron chi connectivity index (χ0n) is 30.8. The van der Waals surface area contributed by atoms with Gasteiger partial charge in [0.25, 0.3) is 0 Å². The number of hydrogen-bond donors (Lipinski definition) is 0. The van der Waals surface area contributed by atoms with Gasteiger partial charge in [-0.25, -0.2) is 15.0 Å². The standard InChI is InChI=1S/C53H33N3O/c1-3-11-34(12-4-1)36-19-24-39(25-20-36)52-54-51(38-14-5-2-6-15-38)55-53(56-52)43-28-23-37-22-27-42(30-44(37)31-43)47-32-45(41-26-21-35-13-7-8-16-40(35)29-41)33-49-50(47)46-17-9-10-18-48(46)57-49/h1-33H. The molecule has 0 aliphatic heterocycles. The molecule has 266 valence electrons. The second-order valence-electron chi connectivity index (χ2n) is 14.4. The highest BCUT2D eigenvalue weighted by atomic mass is 16.3. The topological polar surface area (TPSA) is 51.8 Å². The largest absolute Gasteiger partial charge is 0.456 e. The third-order valence-electron chi connectivity index (χ3n) is 10.9. The van der Waals surface area contributed by atoms with Gasteiger partial charge < -0.3 is 4.42 Å². The van der Waals surface area contributed by atoms with Gasteiger partial charge in [-0.2, -0.15) is 0 Å². The van der Waals surface area contributed by atoms with Crippen molar-refractivity contribution in [1.82, 2.24) is 15.0 Å². The minimum atomic E-state index is 0.625. The quantitative estimate of drug-likeness (QED) is 0.171. The van der Waals surface area contributed by atoms with E-state index in [9.17, 15) is 0 Å². The van der Waals surface area contributed by atoms with Gasteiger partial charge in [-0.15, -0.1) is 0 Å². The molecule has 0 atom stereocenters. The van der Waals surface area contributed by atoms with Crippen LogP contribution in [0.1, 0.15) is 0 Å². The van der Waals surface area contributed by atoms with Gasteiger partial charge in [0.15, 0.2) is 17.5 Å². The van der Waals surface area contributed by atoms with Gasteiger partial charge in [0.05, 0.1) is 0 Å². The third-order valence-corrected chi connectivity index (χ3v) is 10.9. The molecule has 57 heavy (non-hydrogen) atoms. The van der Waals surface area contributed by atoms with Crippen molar-refractivity contribution in [2.45, 2.75) is 0 Å². The van der Waals surface area contributed by atoms with Gasteiger partial charge in [0.2, 0.25) is 0 Å². The first-order valence-corrected chi connectivity index (χ1v) is 19.2. The van der Waals surface area contributed by atoms with Crippen LogP contribution >= 0.6 is 0 Å². The molecule has 0 saturated heterocycles. The fourth-order valence-electron chi connectivity index (χ4n) is 7.96. The first kappa shape index (κ1) is 32.7. The van der Waals surface area contributed by atoms with Crippen molar-refractivity contribution in [2.24, 2.45) is 0 Å². The lowest BCUT2D eigenvalue weighted by atomic mass is 9.92. The van der Waals surface area contributed by atoms with Crippen molar-refractivity contribution in [2.75, 3.05) is 0 Å². The Hall–Kier alpha value is -7.69. The van der Waals surface area contributed by atoms with Crippen molar-refractivity contribution in [3.63, 3.8) is 0 Å². The molecule has 0 saturated carbocycles. The summed E-state index contributed by atoms with van der Waals surface area (Å²) in [6, 6.07) is 70.1. The number of para-hydroxylation sites is 1. The number of fused-ring (bicyclic) bond motifs is 5. The van der Waals surface area contributed by atoms with E-state index in [1.165, 1.54) is 16.3 Å². The van der Waals surface area contributed by atoms with Gasteiger partial charge in [-0.1, -0.05) is 164 Å². The van der Waals surface area contributed by atoms with Crippen LogP contribution in [0.4, 0.5) is 0 Å². The van der Waals surface area contributed by atoms with Gasteiger partial charge >= 0.3 is 0 Å². The molecule has 0 unspecified atom stereocenters. The van der Waals surface area contributed by atoms with E-state index in [1.54, 1.807) is 0 Å². The number of aromatic nitrogens is 3. The van der Waals surface area contributed by atoms with Gasteiger partial charge in [0, 0.05) is 27.5 Å². The molecule has 0 aliphatic rings. The first-order chi connectivity index (χ1) is 28.2. The maximum Gasteiger partial charge on any atom is 0.164 e. The van der Waals surface area contributed by atoms with Gasteiger partial charge in [-0.05, 0) is 91.3 Å². The Morgan fingerprint density at radius 3 is 1.53 bits per heavy atom. The van der Waals surface area contributed by atoms with Crippen LogP contribution in [0, 0.1) is 0 Å². The minimum absolute atomic E-state index is 0.625. The van der Waals surface area contributed by atoms with Crippen molar-refractivity contribution < 1.29 is 4.42 Å². The zero-order chi connectivity index (χ0) is 37.7. The van der Waals surface area contributed by atoms with E-state index in [1.807, 2.05) is 48.5 Å². The monoisotopic (exact) mass is 727 g/mol. The Kier molecular flexibility index (Phi) is 7.78. The second-order valence-corrected chi connectivity index (χ2v) is 14.4. The Bertz CT molecular complexity index is 3280. The highest BCUT2D eigenvalue weighted by Crippen LogP contribution is 2.41. The van der Waals surface area contributed by atoms with Crippen LogP contribution in [-0.4, -0.2) is 15.0 Å². The molecule has 0 amide bonds. The third kappa shape index (κ3) is 6.01. The van der Waals surface area contributed by atoms with Crippen LogP contribution in [0.15, 0.2) is 205 Å². The molecule has 0 bridgehead atoms. The lowest BCUT2D eigenvalue weighted by molar-refractivity contribution is 0.669. The summed E-state index contributed by atoms with van der Waals surface area (Å²) < 4.78 is 6.53. The van der Waals surface area contributed by atoms with E-state index in [-0.39, 0.29) is 0 Å². The molecule has 4 heteroatoms. The predicted molar refractivity (Wildman–Crippen MR) is 235 cm³/mol. The van der Waals surface area contributed by atoms with E-state index in [4.69, 9.17) is 19.4 Å². The van der Waals surface area contributed by atoms with Crippen LogP contribution < -0.4 is 0 Å². The van der Waals surface area contributed by atoms with Crippen molar-refractivity contribution in [1.29, 1.82) is 0 Å². The summed E-state index contributed by atoms with van der Waals surface area (Å²) in [6.45, 7) is 0. The highest BCUT2D eigenvalue weighted by molar-refractivity contribution is 6.14. The Labute approximate surface area is 329 Å². The average Bonchev–Trinajstić information content (AvgIpc) is 3.67. The van der Waals surface area contributed by atoms with E-state index < -0.39 is 0 Å². The molecule has 0 aliphatic carbocycles. The number of hydrogen-bond acceptors (Lipinski definition) is 4. The Morgan fingerprint density at radius 1 is 0.281 bits per heavy atom. The van der Waals surface area contributed by atoms with Crippen LogP contribution in [0.5, 0.6) is 0 Å². The molecule has 9 aromatic carbocycles. The molecule has 0 N–H and O–H groups in total. The van der Waals surface area contributed by atoms with Crippen LogP contribution in [0.2, 0.25) is 0 Å². The highest BCUT2D eigenvalue weighted by Gasteiger charge is 2.17. The Balaban J connectivity index is 1.05. The molecule has 0 radical (unpaired) electrons. The lowest BCUT2D eigenvalue weighted by Crippen LogP contribution is -2.00. The van der Waals surface area contributed by atoms with E-state index in [0.717, 1.165) is 77.2 Å². The molecular weight excluding hydrogens is 695 g/mol. The lowest BCUT2D eigenvalue weighted by Gasteiger charge is -2.12. The van der Waals surface area contributed by atoms with Crippen LogP contribution in [0.25, 0.3) is 111 Å². The van der Waals surface area contributed by atoms with Gasteiger partial charge in [-0.3, -0.25) is 0 Å². The predicted octanol–water partition coefficient (Wildman–Crippen LogP) is 14.1. The molecule has 4 nitrogen and oxygen atoms in total. The van der Waals surface area contributed by atoms with E-state index in [2.05, 4.69) is 152 Å². The molecule has 11 aromatic rings. The number of nitrogens with zero attached hydrogens (tertiary/aromatic N) is 3. The van der Waals surface area contributed by atoms with E-state index >= 15 is 0 Å². The summed E-state index contributed by atoms with van der Waals surface area (Å²) in [7, 11) is 0. The van der Waals surface area contributed by atoms with Crippen molar-refractivity contribution in [3.8, 4) is 67.5 Å². The molecule has 0 spiro atoms. The second kappa shape index (κ2) is 13.6. The fourth-order valence-corrected chi connectivity index (χ4v) is 7.96. The van der Waals surface area contributed by atoms with Gasteiger partial charge in [0.1, 0.15) is 11.2 Å². The molecule has 0 fully saturated rings. The molecule has 2 heterocycles. The van der Waals surface area contributed by atoms with Crippen molar-refractivity contribution >= 4 is 43.5 Å². The normalized spacial score (nSPS) is 11.5. The van der Waals surface area contributed by atoms with Crippen LogP contribution in [-0.2, 0) is 0 Å². The maximum absolute atomic E-state index is 6.53. The van der Waals surface area contributed by atoms with Crippen LogP contribution in [0.3, 0.4) is 0 Å². The smallest absolute Gasteiger partial charge is 0.164 e. The number of benzene rings is 9. The zero-order valence-corrected chi connectivity index (χ0v) is 30.8. The minimum Gasteiger partial charge on any atom is -0.456 e. The summed E-state index contributed by atoms with van der Waals surface area (Å²) in [5.74, 6) is 1.89. The first-order valence-electron chi connectivity index (χ1n) is 19.2. The summed E-state index contributed by atoms with van der Waals surface area (Å²) in [5, 5.41) is 6.87. The summed E-state index contributed by atoms with van der Waals surface area (Å²) in [4.78, 5) is 15.1. The maximum atomic E-state index is 6.53. The fraction of sp³-hybridized carbons (Fsp3) is 0. The summed E-state index contributed by atoms with van der Waals surface area (Å²) in [5.41, 5.74) is 11.3. The summed E-state index contributed by atoms with van der Waals surface area (Å²) in [6.07, 6.45) is 0. The van der Waals surface area contributed by atoms with Crippen molar-refractivity contribution in [3.05, 3.63) is 200 Å². The summed E-state index contributed by atoms with van der Waals surface area (Å²) >= 11 is 0. The molecule has 11 rings (SSSR count). The molecule has 2 aromatic heterocycles. The molecular formula is C53H33N3O. The number of rotatable bonds is 6. The number of furan rings is 1. The Morgan fingerprint density at radius 2 is 0.772 bits per heavy atom. The average molecular weight is 728 g/mol.